The first-order valence-corrected chi connectivity index (χ1v) is 9.69. The van der Waals surface area contributed by atoms with E-state index in [1.54, 1.807) is 0 Å². The Morgan fingerprint density at radius 3 is 2.52 bits per heavy atom. The SMILES string of the molecule is CCCC1=CCC(C(=O)Oc2cc(F)c3c(F)c(C#CC(F)(F)F)c(F)cc3c2)CC1. The van der Waals surface area contributed by atoms with Crippen LogP contribution >= 0.6 is 0 Å². The zero-order valence-corrected chi connectivity index (χ0v) is 16.5. The van der Waals surface area contributed by atoms with Crippen molar-refractivity contribution in [2.75, 3.05) is 0 Å². The van der Waals surface area contributed by atoms with Gasteiger partial charge in [-0.1, -0.05) is 30.9 Å². The molecular weight excluding hydrogens is 422 g/mol. The van der Waals surface area contributed by atoms with E-state index in [1.165, 1.54) is 11.5 Å². The molecule has 0 fully saturated rings. The second-order valence-electron chi connectivity index (χ2n) is 7.30. The van der Waals surface area contributed by atoms with E-state index in [-0.39, 0.29) is 11.1 Å². The van der Waals surface area contributed by atoms with Crippen molar-refractivity contribution in [3.63, 3.8) is 0 Å². The summed E-state index contributed by atoms with van der Waals surface area (Å²) in [5.74, 6) is -3.26. The molecule has 2 aromatic carbocycles. The zero-order chi connectivity index (χ0) is 22.8. The summed E-state index contributed by atoms with van der Waals surface area (Å²) in [6, 6.07) is 2.45. The molecule has 0 radical (unpaired) electrons. The lowest BCUT2D eigenvalue weighted by atomic mass is 9.88. The number of alkyl halides is 3. The van der Waals surface area contributed by atoms with Crippen LogP contribution in [0.3, 0.4) is 0 Å². The highest BCUT2D eigenvalue weighted by molar-refractivity contribution is 5.88. The third-order valence-corrected chi connectivity index (χ3v) is 5.01. The molecule has 0 N–H and O–H groups in total. The minimum atomic E-state index is -4.96. The van der Waals surface area contributed by atoms with Gasteiger partial charge in [-0.05, 0) is 43.2 Å². The van der Waals surface area contributed by atoms with E-state index in [2.05, 4.69) is 6.92 Å². The lowest BCUT2D eigenvalue weighted by Gasteiger charge is -2.20. The fourth-order valence-corrected chi connectivity index (χ4v) is 3.54. The van der Waals surface area contributed by atoms with Crippen molar-refractivity contribution in [2.45, 2.75) is 45.2 Å². The van der Waals surface area contributed by atoms with Crippen LogP contribution in [0, 0.1) is 35.2 Å². The minimum Gasteiger partial charge on any atom is -0.426 e. The van der Waals surface area contributed by atoms with Gasteiger partial charge in [0.05, 0.1) is 16.9 Å². The zero-order valence-electron chi connectivity index (χ0n) is 16.5. The van der Waals surface area contributed by atoms with Gasteiger partial charge >= 0.3 is 12.1 Å². The molecule has 1 atom stereocenters. The van der Waals surface area contributed by atoms with Crippen molar-refractivity contribution in [3.05, 3.63) is 52.9 Å². The van der Waals surface area contributed by atoms with Crippen LogP contribution < -0.4 is 4.74 Å². The largest absolute Gasteiger partial charge is 0.458 e. The van der Waals surface area contributed by atoms with Gasteiger partial charge in [0.1, 0.15) is 17.4 Å². The van der Waals surface area contributed by atoms with E-state index in [0.717, 1.165) is 37.3 Å². The van der Waals surface area contributed by atoms with Gasteiger partial charge in [0, 0.05) is 12.0 Å². The van der Waals surface area contributed by atoms with Gasteiger partial charge in [-0.15, -0.1) is 0 Å². The summed E-state index contributed by atoms with van der Waals surface area (Å²) in [4.78, 5) is 12.4. The highest BCUT2D eigenvalue weighted by Crippen LogP contribution is 2.32. The highest BCUT2D eigenvalue weighted by atomic mass is 19.4. The molecule has 0 aliphatic heterocycles. The molecule has 0 spiro atoms. The third kappa shape index (κ3) is 5.40. The first-order chi connectivity index (χ1) is 14.6. The number of benzene rings is 2. The van der Waals surface area contributed by atoms with Gasteiger partial charge in [-0.2, -0.15) is 13.2 Å². The molecule has 1 aliphatic carbocycles. The normalized spacial score (nSPS) is 16.5. The molecule has 8 heteroatoms. The number of carbonyl (C=O) groups excluding carboxylic acids is 1. The molecule has 31 heavy (non-hydrogen) atoms. The van der Waals surface area contributed by atoms with Gasteiger partial charge < -0.3 is 4.74 Å². The monoisotopic (exact) mass is 440 g/mol. The summed E-state index contributed by atoms with van der Waals surface area (Å²) in [5.41, 5.74) is 0.0871. The Morgan fingerprint density at radius 1 is 1.16 bits per heavy atom. The van der Waals surface area contributed by atoms with Gasteiger partial charge in [0.25, 0.3) is 0 Å². The Morgan fingerprint density at radius 2 is 1.90 bits per heavy atom. The van der Waals surface area contributed by atoms with Gasteiger partial charge in [0.2, 0.25) is 0 Å². The lowest BCUT2D eigenvalue weighted by molar-refractivity contribution is -0.139. The molecule has 3 rings (SSSR count). The Labute approximate surface area is 174 Å². The number of allylic oxidation sites excluding steroid dienone is 2. The maximum absolute atomic E-state index is 14.5. The quantitative estimate of drug-likeness (QED) is 0.176. The van der Waals surface area contributed by atoms with Crippen molar-refractivity contribution in [1.29, 1.82) is 0 Å². The summed E-state index contributed by atoms with van der Waals surface area (Å²) >= 11 is 0. The number of hydrogen-bond donors (Lipinski definition) is 0. The molecule has 0 amide bonds. The van der Waals surface area contributed by atoms with E-state index in [4.69, 9.17) is 4.74 Å². The second-order valence-corrected chi connectivity index (χ2v) is 7.30. The fourth-order valence-electron chi connectivity index (χ4n) is 3.54. The summed E-state index contributed by atoms with van der Waals surface area (Å²) in [6.07, 6.45) is 0.847. The third-order valence-electron chi connectivity index (χ3n) is 5.01. The Bertz CT molecular complexity index is 1110. The molecule has 0 bridgehead atoms. The second kappa shape index (κ2) is 9.04. The standard InChI is InChI=1S/C23H18F6O2/c1-2-3-13-4-6-14(7-5-13)22(30)31-16-10-15-11-18(24)17(8-9-23(27,28)29)21(26)20(15)19(25)12-16/h4,10-12,14H,2-3,5-7H2,1H3. The lowest BCUT2D eigenvalue weighted by Crippen LogP contribution is -2.22. The maximum atomic E-state index is 14.5. The fraction of sp³-hybridized carbons (Fsp3) is 0.348. The average Bonchev–Trinajstić information content (AvgIpc) is 2.67. The predicted octanol–water partition coefficient (Wildman–Crippen LogP) is 6.60. The smallest absolute Gasteiger partial charge is 0.426 e. The predicted molar refractivity (Wildman–Crippen MR) is 103 cm³/mol. The van der Waals surface area contributed by atoms with Crippen molar-refractivity contribution in [2.24, 2.45) is 5.92 Å². The van der Waals surface area contributed by atoms with Gasteiger partial charge in [0.15, 0.2) is 5.82 Å². The van der Waals surface area contributed by atoms with E-state index < -0.39 is 46.5 Å². The summed E-state index contributed by atoms with van der Waals surface area (Å²) in [7, 11) is 0. The van der Waals surface area contributed by atoms with Crippen LogP contribution in [0.5, 0.6) is 5.75 Å². The number of fused-ring (bicyclic) bond motifs is 1. The number of esters is 1. The molecule has 1 aliphatic rings. The number of halogens is 6. The minimum absolute atomic E-state index is 0.244. The van der Waals surface area contributed by atoms with Crippen LogP contribution in [0.25, 0.3) is 10.8 Å². The Kier molecular flexibility index (Phi) is 6.63. The Balaban J connectivity index is 1.87. The first-order valence-electron chi connectivity index (χ1n) is 9.69. The molecule has 0 heterocycles. The molecule has 0 saturated heterocycles. The number of rotatable bonds is 4. The number of carbonyl (C=O) groups is 1. The topological polar surface area (TPSA) is 26.3 Å². The molecule has 0 aromatic heterocycles. The molecule has 0 saturated carbocycles. The molecule has 164 valence electrons. The van der Waals surface area contributed by atoms with E-state index in [0.29, 0.717) is 18.9 Å². The van der Waals surface area contributed by atoms with Crippen LogP contribution in [-0.2, 0) is 4.79 Å². The van der Waals surface area contributed by atoms with Gasteiger partial charge in [-0.25, -0.2) is 13.2 Å². The summed E-state index contributed by atoms with van der Waals surface area (Å²) in [6.45, 7) is 2.06. The maximum Gasteiger partial charge on any atom is 0.458 e. The van der Waals surface area contributed by atoms with Crippen LogP contribution in [0.2, 0.25) is 0 Å². The van der Waals surface area contributed by atoms with Crippen LogP contribution in [0.4, 0.5) is 26.3 Å². The molecule has 2 aromatic rings. The van der Waals surface area contributed by atoms with Crippen LogP contribution in [-0.4, -0.2) is 12.1 Å². The summed E-state index contributed by atoms with van der Waals surface area (Å²) < 4.78 is 85.0. The van der Waals surface area contributed by atoms with Crippen LogP contribution in [0.1, 0.15) is 44.6 Å². The molecule has 1 unspecified atom stereocenters. The van der Waals surface area contributed by atoms with Crippen LogP contribution in [0.15, 0.2) is 29.8 Å². The number of hydrogen-bond acceptors (Lipinski definition) is 2. The van der Waals surface area contributed by atoms with Gasteiger partial charge in [-0.3, -0.25) is 4.79 Å². The van der Waals surface area contributed by atoms with E-state index in [9.17, 15) is 31.1 Å². The molecular formula is C23H18F6O2. The van der Waals surface area contributed by atoms with Crippen molar-refractivity contribution < 1.29 is 35.9 Å². The van der Waals surface area contributed by atoms with Crippen molar-refractivity contribution in [1.82, 2.24) is 0 Å². The average molecular weight is 440 g/mol. The number of ether oxygens (including phenoxy) is 1. The first kappa shape index (κ1) is 22.7. The highest BCUT2D eigenvalue weighted by Gasteiger charge is 2.26. The van der Waals surface area contributed by atoms with Crippen molar-refractivity contribution in [3.8, 4) is 17.6 Å². The molecule has 2 nitrogen and oxygen atoms in total. The van der Waals surface area contributed by atoms with E-state index >= 15 is 0 Å². The Hall–Kier alpha value is -2.95. The van der Waals surface area contributed by atoms with Crippen molar-refractivity contribution >= 4 is 16.7 Å². The van der Waals surface area contributed by atoms with E-state index in [1.807, 2.05) is 6.08 Å². The summed E-state index contributed by atoms with van der Waals surface area (Å²) in [5, 5.41) is -1.04.